The molecule has 0 radical (unpaired) electrons. The van der Waals surface area contributed by atoms with Crippen LogP contribution in [-0.4, -0.2) is 26.1 Å². The summed E-state index contributed by atoms with van der Waals surface area (Å²) in [6.07, 6.45) is 0.493. The van der Waals surface area contributed by atoms with Crippen LogP contribution in [0.2, 0.25) is 0 Å². The van der Waals surface area contributed by atoms with Crippen molar-refractivity contribution in [3.63, 3.8) is 0 Å². The highest BCUT2D eigenvalue weighted by molar-refractivity contribution is 5.75. The molecule has 0 aliphatic rings. The lowest BCUT2D eigenvalue weighted by molar-refractivity contribution is -0.120. The van der Waals surface area contributed by atoms with Crippen molar-refractivity contribution in [1.29, 1.82) is 0 Å². The van der Waals surface area contributed by atoms with Crippen LogP contribution >= 0.6 is 0 Å². The highest BCUT2D eigenvalue weighted by atomic mass is 16.5. The fraction of sp³-hybridized carbons (Fsp3) is 0.500. The van der Waals surface area contributed by atoms with Crippen molar-refractivity contribution < 1.29 is 9.53 Å². The van der Waals surface area contributed by atoms with E-state index in [1.165, 1.54) is 0 Å². The Hall–Kier alpha value is -1.55. The van der Waals surface area contributed by atoms with Crippen LogP contribution in [0.3, 0.4) is 0 Å². The van der Waals surface area contributed by atoms with Gasteiger partial charge in [0.15, 0.2) is 0 Å². The molecule has 0 spiro atoms. The first-order chi connectivity index (χ1) is 8.69. The normalized spacial score (nSPS) is 11.9. The zero-order valence-electron chi connectivity index (χ0n) is 11.3. The van der Waals surface area contributed by atoms with Crippen LogP contribution < -0.4 is 15.4 Å². The number of carbonyl (C=O) groups excluding carboxylic acids is 1. The highest BCUT2D eigenvalue weighted by Gasteiger charge is 2.10. The van der Waals surface area contributed by atoms with Crippen molar-refractivity contribution >= 4 is 5.91 Å². The average Bonchev–Trinajstić information content (AvgIpc) is 2.38. The molecule has 4 nitrogen and oxygen atoms in total. The third-order valence-corrected chi connectivity index (χ3v) is 2.78. The number of amides is 1. The first-order valence-electron chi connectivity index (χ1n) is 6.32. The molecule has 1 aromatic carbocycles. The van der Waals surface area contributed by atoms with Crippen molar-refractivity contribution in [2.24, 2.45) is 0 Å². The number of benzene rings is 1. The van der Waals surface area contributed by atoms with E-state index in [0.717, 1.165) is 11.3 Å². The molecular weight excluding hydrogens is 228 g/mol. The van der Waals surface area contributed by atoms with Gasteiger partial charge in [-0.3, -0.25) is 4.79 Å². The Labute approximate surface area is 109 Å². The molecule has 2 N–H and O–H groups in total. The van der Waals surface area contributed by atoms with Gasteiger partial charge in [-0.05, 0) is 19.9 Å². The topological polar surface area (TPSA) is 50.4 Å². The molecule has 1 amide bonds. The Morgan fingerprint density at radius 2 is 2.11 bits per heavy atom. The Balaban J connectivity index is 2.45. The van der Waals surface area contributed by atoms with Crippen LogP contribution in [0.4, 0.5) is 0 Å². The standard InChI is InChI=1S/C14H22N2O2/c1-4-15-14(17)9-10-16-11(2)12-7-5-6-8-13(12)18-3/h5-8,11,16H,4,9-10H2,1-3H3,(H,15,17). The van der Waals surface area contributed by atoms with E-state index in [9.17, 15) is 4.79 Å². The molecule has 0 bridgehead atoms. The van der Waals surface area contributed by atoms with Crippen molar-refractivity contribution in [3.05, 3.63) is 29.8 Å². The molecule has 4 heteroatoms. The number of carbonyl (C=O) groups is 1. The molecule has 1 aromatic rings. The van der Waals surface area contributed by atoms with Crippen molar-refractivity contribution in [1.82, 2.24) is 10.6 Å². The predicted octanol–water partition coefficient (Wildman–Crippen LogP) is 1.87. The predicted molar refractivity (Wildman–Crippen MR) is 72.7 cm³/mol. The second-order valence-corrected chi connectivity index (χ2v) is 4.12. The molecule has 18 heavy (non-hydrogen) atoms. The lowest BCUT2D eigenvalue weighted by Crippen LogP contribution is -2.28. The maximum Gasteiger partial charge on any atom is 0.221 e. The van der Waals surface area contributed by atoms with Crippen LogP contribution in [0.1, 0.15) is 31.9 Å². The molecule has 1 unspecified atom stereocenters. The van der Waals surface area contributed by atoms with Gasteiger partial charge in [0.2, 0.25) is 5.91 Å². The molecule has 100 valence electrons. The number of rotatable bonds is 7. The maximum absolute atomic E-state index is 11.3. The van der Waals surface area contributed by atoms with Gasteiger partial charge in [-0.2, -0.15) is 0 Å². The van der Waals surface area contributed by atoms with E-state index >= 15 is 0 Å². The van der Waals surface area contributed by atoms with Gasteiger partial charge in [0.05, 0.1) is 7.11 Å². The first kappa shape index (κ1) is 14.5. The van der Waals surface area contributed by atoms with E-state index in [-0.39, 0.29) is 11.9 Å². The average molecular weight is 250 g/mol. The van der Waals surface area contributed by atoms with Crippen molar-refractivity contribution in [3.8, 4) is 5.75 Å². The second kappa shape index (κ2) is 7.71. The summed E-state index contributed by atoms with van der Waals surface area (Å²) in [5.41, 5.74) is 1.11. The molecule has 0 aromatic heterocycles. The number of para-hydroxylation sites is 1. The van der Waals surface area contributed by atoms with Crippen LogP contribution in [0.5, 0.6) is 5.75 Å². The zero-order chi connectivity index (χ0) is 13.4. The van der Waals surface area contributed by atoms with Gasteiger partial charge in [-0.15, -0.1) is 0 Å². The molecule has 1 atom stereocenters. The largest absolute Gasteiger partial charge is 0.496 e. The monoisotopic (exact) mass is 250 g/mol. The van der Waals surface area contributed by atoms with E-state index in [4.69, 9.17) is 4.74 Å². The Kier molecular flexibility index (Phi) is 6.22. The summed E-state index contributed by atoms with van der Waals surface area (Å²) >= 11 is 0. The van der Waals surface area contributed by atoms with Crippen molar-refractivity contribution in [2.45, 2.75) is 26.3 Å². The van der Waals surface area contributed by atoms with Gasteiger partial charge >= 0.3 is 0 Å². The highest BCUT2D eigenvalue weighted by Crippen LogP contribution is 2.23. The number of methoxy groups -OCH3 is 1. The quantitative estimate of drug-likeness (QED) is 0.776. The lowest BCUT2D eigenvalue weighted by Gasteiger charge is -2.17. The van der Waals surface area contributed by atoms with E-state index in [0.29, 0.717) is 19.5 Å². The van der Waals surface area contributed by atoms with Gasteiger partial charge in [0.25, 0.3) is 0 Å². The second-order valence-electron chi connectivity index (χ2n) is 4.12. The number of ether oxygens (including phenoxy) is 1. The van der Waals surface area contributed by atoms with Gasteiger partial charge < -0.3 is 15.4 Å². The van der Waals surface area contributed by atoms with E-state index in [1.54, 1.807) is 7.11 Å². The fourth-order valence-electron chi connectivity index (χ4n) is 1.82. The maximum atomic E-state index is 11.3. The third-order valence-electron chi connectivity index (χ3n) is 2.78. The Bertz CT molecular complexity index is 380. The smallest absolute Gasteiger partial charge is 0.221 e. The Morgan fingerprint density at radius 1 is 1.39 bits per heavy atom. The molecule has 1 rings (SSSR count). The van der Waals surface area contributed by atoms with Crippen molar-refractivity contribution in [2.75, 3.05) is 20.2 Å². The zero-order valence-corrected chi connectivity index (χ0v) is 11.3. The summed E-state index contributed by atoms with van der Waals surface area (Å²) in [6.45, 7) is 5.32. The summed E-state index contributed by atoms with van der Waals surface area (Å²) in [5, 5.41) is 6.10. The number of hydrogen-bond acceptors (Lipinski definition) is 3. The molecule has 0 fully saturated rings. The summed E-state index contributed by atoms with van der Waals surface area (Å²) in [7, 11) is 1.67. The number of nitrogens with one attached hydrogen (secondary N) is 2. The summed E-state index contributed by atoms with van der Waals surface area (Å²) < 4.78 is 5.31. The van der Waals surface area contributed by atoms with Crippen LogP contribution in [-0.2, 0) is 4.79 Å². The SMILES string of the molecule is CCNC(=O)CCNC(C)c1ccccc1OC. The Morgan fingerprint density at radius 3 is 2.78 bits per heavy atom. The van der Waals surface area contributed by atoms with Gasteiger partial charge in [-0.1, -0.05) is 18.2 Å². The van der Waals surface area contributed by atoms with Crippen LogP contribution in [0.25, 0.3) is 0 Å². The molecule has 0 saturated heterocycles. The first-order valence-corrected chi connectivity index (χ1v) is 6.32. The summed E-state index contributed by atoms with van der Waals surface area (Å²) in [5.74, 6) is 0.952. The summed E-state index contributed by atoms with van der Waals surface area (Å²) in [4.78, 5) is 11.3. The molecule has 0 aliphatic heterocycles. The lowest BCUT2D eigenvalue weighted by atomic mass is 10.1. The summed E-state index contributed by atoms with van der Waals surface area (Å²) in [6, 6.07) is 8.07. The van der Waals surface area contributed by atoms with E-state index in [2.05, 4.69) is 17.6 Å². The fourth-order valence-corrected chi connectivity index (χ4v) is 1.82. The molecule has 0 heterocycles. The minimum atomic E-state index is 0.0808. The minimum absolute atomic E-state index is 0.0808. The molecule has 0 aliphatic carbocycles. The molecular formula is C14H22N2O2. The van der Waals surface area contributed by atoms with E-state index in [1.807, 2.05) is 31.2 Å². The van der Waals surface area contributed by atoms with Gasteiger partial charge in [-0.25, -0.2) is 0 Å². The van der Waals surface area contributed by atoms with E-state index < -0.39 is 0 Å². The van der Waals surface area contributed by atoms with Crippen LogP contribution in [0.15, 0.2) is 24.3 Å². The third kappa shape index (κ3) is 4.37. The van der Waals surface area contributed by atoms with Gasteiger partial charge in [0, 0.05) is 31.1 Å². The van der Waals surface area contributed by atoms with Crippen LogP contribution in [0, 0.1) is 0 Å². The minimum Gasteiger partial charge on any atom is -0.496 e. The van der Waals surface area contributed by atoms with Gasteiger partial charge in [0.1, 0.15) is 5.75 Å². The molecule has 0 saturated carbocycles. The number of hydrogen-bond donors (Lipinski definition) is 2.